The number of halogens is 1. The Labute approximate surface area is 142 Å². The number of aromatic hydroxyl groups is 1. The maximum Gasteiger partial charge on any atom is 0.230 e. The van der Waals surface area contributed by atoms with Crippen LogP contribution in [-0.4, -0.2) is 21.4 Å². The van der Waals surface area contributed by atoms with Crippen molar-refractivity contribution in [2.75, 3.05) is 0 Å². The maximum atomic E-state index is 13.6. The van der Waals surface area contributed by atoms with Crippen molar-refractivity contribution in [3.05, 3.63) is 65.0 Å². The molecule has 6 heteroatoms. The first-order valence-electron chi connectivity index (χ1n) is 7.48. The second-order valence-corrected chi connectivity index (χ2v) is 5.58. The number of carbonyl (C=O) groups excluding carboxylic acids is 2. The van der Waals surface area contributed by atoms with Crippen LogP contribution >= 0.6 is 0 Å². The molecule has 25 heavy (non-hydrogen) atoms. The van der Waals surface area contributed by atoms with Gasteiger partial charge in [-0.3, -0.25) is 9.59 Å². The number of nitriles is 1. The minimum atomic E-state index is -0.581. The third-order valence-electron chi connectivity index (χ3n) is 3.92. The van der Waals surface area contributed by atoms with Gasteiger partial charge in [-0.25, -0.2) is 8.96 Å². The number of fused-ring (bicyclic) bond motifs is 1. The molecule has 0 aliphatic heterocycles. The molecule has 0 aliphatic rings. The van der Waals surface area contributed by atoms with Crippen LogP contribution in [0, 0.1) is 17.1 Å². The van der Waals surface area contributed by atoms with Gasteiger partial charge in [-0.05, 0) is 29.8 Å². The first kappa shape index (κ1) is 16.4. The quantitative estimate of drug-likeness (QED) is 0.743. The Kier molecular flexibility index (Phi) is 4.07. The molecule has 0 fully saturated rings. The lowest BCUT2D eigenvalue weighted by molar-refractivity contribution is 0.0933. The molecule has 0 atom stereocenters. The van der Waals surface area contributed by atoms with Gasteiger partial charge in [0, 0.05) is 17.9 Å². The zero-order chi connectivity index (χ0) is 18.1. The lowest BCUT2D eigenvalue weighted by atomic mass is 9.99. The topological polar surface area (TPSA) is 83.1 Å². The number of aromatic nitrogens is 1. The van der Waals surface area contributed by atoms with Crippen LogP contribution in [0.5, 0.6) is 5.88 Å². The molecule has 1 heterocycles. The summed E-state index contributed by atoms with van der Waals surface area (Å²) in [5.74, 6) is -2.15. The van der Waals surface area contributed by atoms with Gasteiger partial charge in [0.2, 0.25) is 11.8 Å². The van der Waals surface area contributed by atoms with E-state index >= 15 is 0 Å². The smallest absolute Gasteiger partial charge is 0.230 e. The Bertz CT molecular complexity index is 1060. The molecule has 1 N–H and O–H groups in total. The predicted octanol–water partition coefficient (Wildman–Crippen LogP) is 3.44. The summed E-state index contributed by atoms with van der Waals surface area (Å²) in [5, 5.41) is 19.5. The van der Waals surface area contributed by atoms with Gasteiger partial charge in [-0.1, -0.05) is 18.2 Å². The fourth-order valence-corrected chi connectivity index (χ4v) is 2.85. The van der Waals surface area contributed by atoms with Crippen molar-refractivity contribution in [2.24, 2.45) is 0 Å². The fraction of sp³-hybridized carbons (Fsp3) is 0.105. The summed E-state index contributed by atoms with van der Waals surface area (Å²) in [6, 6.07) is 12.1. The van der Waals surface area contributed by atoms with E-state index in [0.717, 1.165) is 16.7 Å². The standard InChI is InChI=1S/C19H13FN2O3/c1-11(23)22-16-10-14(20)5-6-15(16)17(19(22)25)18(24)13-4-2-3-12(9-13)7-8-21/h2-6,9-10,25H,7H2,1H3. The van der Waals surface area contributed by atoms with Gasteiger partial charge >= 0.3 is 0 Å². The Balaban J connectivity index is 2.24. The Hall–Kier alpha value is -3.46. The SMILES string of the molecule is CC(=O)n1c(O)c(C(=O)c2cccc(CC#N)c2)c2ccc(F)cc21. The highest BCUT2D eigenvalue weighted by molar-refractivity contribution is 6.19. The number of hydrogen-bond acceptors (Lipinski definition) is 4. The molecular formula is C19H13FN2O3. The van der Waals surface area contributed by atoms with E-state index in [1.807, 2.05) is 6.07 Å². The molecule has 3 rings (SSSR count). The molecule has 0 spiro atoms. The molecule has 0 bridgehead atoms. The molecule has 0 saturated carbocycles. The maximum absolute atomic E-state index is 13.6. The van der Waals surface area contributed by atoms with E-state index in [2.05, 4.69) is 0 Å². The number of nitrogens with zero attached hydrogens (tertiary/aromatic N) is 2. The highest BCUT2D eigenvalue weighted by Gasteiger charge is 2.25. The van der Waals surface area contributed by atoms with Crippen LogP contribution in [0.4, 0.5) is 4.39 Å². The second kappa shape index (κ2) is 6.21. The van der Waals surface area contributed by atoms with Crippen molar-refractivity contribution in [1.82, 2.24) is 4.57 Å². The number of benzene rings is 2. The molecule has 124 valence electrons. The average molecular weight is 336 g/mol. The lowest BCUT2D eigenvalue weighted by Crippen LogP contribution is -2.06. The fourth-order valence-electron chi connectivity index (χ4n) is 2.85. The molecule has 5 nitrogen and oxygen atoms in total. The first-order valence-corrected chi connectivity index (χ1v) is 7.48. The van der Waals surface area contributed by atoms with Crippen molar-refractivity contribution < 1.29 is 19.1 Å². The van der Waals surface area contributed by atoms with Crippen LogP contribution in [0.2, 0.25) is 0 Å². The molecule has 0 unspecified atom stereocenters. The predicted molar refractivity (Wildman–Crippen MR) is 89.1 cm³/mol. The number of carbonyl (C=O) groups is 2. The van der Waals surface area contributed by atoms with Gasteiger partial charge in [0.1, 0.15) is 5.82 Å². The minimum absolute atomic E-state index is 0.0701. The summed E-state index contributed by atoms with van der Waals surface area (Å²) in [5.41, 5.74) is 0.991. The molecular weight excluding hydrogens is 323 g/mol. The summed E-state index contributed by atoms with van der Waals surface area (Å²) in [6.07, 6.45) is 0.146. The summed E-state index contributed by atoms with van der Waals surface area (Å²) in [4.78, 5) is 24.7. The molecule has 3 aromatic rings. The molecule has 0 amide bonds. The highest BCUT2D eigenvalue weighted by Crippen LogP contribution is 2.33. The second-order valence-electron chi connectivity index (χ2n) is 5.58. The zero-order valence-electron chi connectivity index (χ0n) is 13.3. The van der Waals surface area contributed by atoms with E-state index in [1.54, 1.807) is 24.3 Å². The third-order valence-corrected chi connectivity index (χ3v) is 3.92. The van der Waals surface area contributed by atoms with Crippen LogP contribution in [-0.2, 0) is 6.42 Å². The summed E-state index contributed by atoms with van der Waals surface area (Å²) < 4.78 is 14.5. The van der Waals surface area contributed by atoms with Crippen molar-refractivity contribution in [1.29, 1.82) is 5.26 Å². The van der Waals surface area contributed by atoms with E-state index in [0.29, 0.717) is 5.56 Å². The van der Waals surface area contributed by atoms with Gasteiger partial charge < -0.3 is 5.11 Å². The van der Waals surface area contributed by atoms with Crippen molar-refractivity contribution in [3.8, 4) is 11.9 Å². The normalized spacial score (nSPS) is 10.6. The van der Waals surface area contributed by atoms with E-state index < -0.39 is 23.4 Å². The summed E-state index contributed by atoms with van der Waals surface area (Å²) in [7, 11) is 0. The van der Waals surface area contributed by atoms with E-state index in [1.165, 1.54) is 13.0 Å². The highest BCUT2D eigenvalue weighted by atomic mass is 19.1. The lowest BCUT2D eigenvalue weighted by Gasteiger charge is -2.04. The monoisotopic (exact) mass is 336 g/mol. The van der Waals surface area contributed by atoms with Gasteiger partial charge in [0.25, 0.3) is 0 Å². The minimum Gasteiger partial charge on any atom is -0.494 e. The van der Waals surface area contributed by atoms with Crippen LogP contribution < -0.4 is 0 Å². The van der Waals surface area contributed by atoms with Crippen LogP contribution in [0.1, 0.15) is 33.2 Å². The Morgan fingerprint density at radius 3 is 2.68 bits per heavy atom. The molecule has 2 aromatic carbocycles. The summed E-state index contributed by atoms with van der Waals surface area (Å²) in [6.45, 7) is 1.21. The zero-order valence-corrected chi connectivity index (χ0v) is 13.3. The third kappa shape index (κ3) is 2.76. The van der Waals surface area contributed by atoms with Gasteiger partial charge in [0.05, 0.1) is 23.6 Å². The van der Waals surface area contributed by atoms with Crippen molar-refractivity contribution >= 4 is 22.6 Å². The number of rotatable bonds is 3. The van der Waals surface area contributed by atoms with E-state index in [9.17, 15) is 19.1 Å². The largest absolute Gasteiger partial charge is 0.494 e. The van der Waals surface area contributed by atoms with Crippen LogP contribution in [0.15, 0.2) is 42.5 Å². The summed E-state index contributed by atoms with van der Waals surface area (Å²) >= 11 is 0. The molecule has 1 aromatic heterocycles. The van der Waals surface area contributed by atoms with Crippen molar-refractivity contribution in [3.63, 3.8) is 0 Å². The first-order chi connectivity index (χ1) is 11.9. The average Bonchev–Trinajstić information content (AvgIpc) is 2.86. The van der Waals surface area contributed by atoms with Gasteiger partial charge in [0.15, 0.2) is 5.78 Å². The molecule has 0 saturated heterocycles. The number of ketones is 1. The van der Waals surface area contributed by atoms with Crippen LogP contribution in [0.25, 0.3) is 10.9 Å². The van der Waals surface area contributed by atoms with Crippen molar-refractivity contribution in [2.45, 2.75) is 13.3 Å². The van der Waals surface area contributed by atoms with Gasteiger partial charge in [-0.15, -0.1) is 0 Å². The van der Waals surface area contributed by atoms with E-state index in [4.69, 9.17) is 5.26 Å². The Morgan fingerprint density at radius 2 is 2.00 bits per heavy atom. The van der Waals surface area contributed by atoms with E-state index in [-0.39, 0.29) is 28.5 Å². The molecule has 0 radical (unpaired) electrons. The Morgan fingerprint density at radius 1 is 1.24 bits per heavy atom. The number of hydrogen-bond donors (Lipinski definition) is 1. The van der Waals surface area contributed by atoms with Gasteiger partial charge in [-0.2, -0.15) is 5.26 Å². The molecule has 0 aliphatic carbocycles. The van der Waals surface area contributed by atoms with Crippen LogP contribution in [0.3, 0.4) is 0 Å².